The molecule has 1 aliphatic rings. The van der Waals surface area contributed by atoms with E-state index in [-0.39, 0.29) is 24.2 Å². The molecule has 2 aromatic carbocycles. The molecule has 7 nitrogen and oxygen atoms in total. The van der Waals surface area contributed by atoms with Crippen molar-refractivity contribution in [3.8, 4) is 5.75 Å². The Bertz CT molecular complexity index is 1260. The van der Waals surface area contributed by atoms with Crippen LogP contribution in [0.25, 0.3) is 10.1 Å². The maximum absolute atomic E-state index is 12.5. The highest BCUT2D eigenvalue weighted by molar-refractivity contribution is 9.10. The summed E-state index contributed by atoms with van der Waals surface area (Å²) in [5, 5.41) is 1.46. The Balaban J connectivity index is 1.60. The van der Waals surface area contributed by atoms with Crippen LogP contribution in [0.1, 0.15) is 12.5 Å². The minimum absolute atomic E-state index is 0.0204. The highest BCUT2D eigenvalue weighted by Gasteiger charge is 2.31. The summed E-state index contributed by atoms with van der Waals surface area (Å²) < 4.78 is 69.4. The van der Waals surface area contributed by atoms with Gasteiger partial charge in [-0.25, -0.2) is 0 Å². The normalized spacial score (nSPS) is 16.5. The topological polar surface area (TPSA) is 76.2 Å². The molecule has 1 amide bonds. The lowest BCUT2D eigenvalue weighted by Crippen LogP contribution is -2.55. The van der Waals surface area contributed by atoms with Crippen molar-refractivity contribution < 1.29 is 31.5 Å². The maximum atomic E-state index is 12.5. The third kappa shape index (κ3) is 7.02. The molecule has 0 aliphatic carbocycles. The lowest BCUT2D eigenvalue weighted by Gasteiger charge is -2.41. The van der Waals surface area contributed by atoms with Crippen LogP contribution < -0.4 is 9.04 Å². The fourth-order valence-corrected chi connectivity index (χ4v) is 7.25. The van der Waals surface area contributed by atoms with Gasteiger partial charge < -0.3 is 14.2 Å². The van der Waals surface area contributed by atoms with Crippen LogP contribution in [-0.4, -0.2) is 69.6 Å². The Morgan fingerprint density at radius 2 is 1.81 bits per heavy atom. The highest BCUT2D eigenvalue weighted by Crippen LogP contribution is 2.42. The Morgan fingerprint density at radius 1 is 1.16 bits per heavy atom. The molecular formula is C24H24BrF3N3O4S2-. The molecule has 1 fully saturated rings. The van der Waals surface area contributed by atoms with Gasteiger partial charge in [0.15, 0.2) is 0 Å². The molecule has 0 N–H and O–H groups in total. The van der Waals surface area contributed by atoms with Gasteiger partial charge in [0.1, 0.15) is 10.8 Å². The average Bonchev–Trinajstić information content (AvgIpc) is 3.18. The summed E-state index contributed by atoms with van der Waals surface area (Å²) in [6, 6.07) is 12.9. The van der Waals surface area contributed by atoms with Crippen LogP contribution in [0, 0.1) is 0 Å². The number of rotatable bonds is 8. The molecule has 1 aromatic heterocycles. The van der Waals surface area contributed by atoms with Crippen LogP contribution in [-0.2, 0) is 22.5 Å². The third-order valence-electron chi connectivity index (χ3n) is 6.21. The summed E-state index contributed by atoms with van der Waals surface area (Å²) >= 11 is 2.34. The number of amides is 1. The minimum atomic E-state index is -4.78. The van der Waals surface area contributed by atoms with E-state index in [9.17, 15) is 26.7 Å². The van der Waals surface area contributed by atoms with E-state index in [1.165, 1.54) is 34.7 Å². The smallest absolute Gasteiger partial charge is 0.573 e. The number of alkyl halides is 3. The van der Waals surface area contributed by atoms with Crippen LogP contribution in [0.4, 0.5) is 18.2 Å². The van der Waals surface area contributed by atoms with E-state index in [2.05, 4.69) is 25.6 Å². The first-order chi connectivity index (χ1) is 17.5. The molecule has 0 saturated carbocycles. The van der Waals surface area contributed by atoms with Crippen molar-refractivity contribution in [2.75, 3.05) is 37.0 Å². The molecule has 1 aliphatic heterocycles. The van der Waals surface area contributed by atoms with Gasteiger partial charge in [0.25, 0.3) is 0 Å². The zero-order chi connectivity index (χ0) is 26.7. The lowest BCUT2D eigenvalue weighted by atomic mass is 10.0. The first-order valence-electron chi connectivity index (χ1n) is 11.4. The second-order valence-electron chi connectivity index (χ2n) is 8.59. The van der Waals surface area contributed by atoms with Gasteiger partial charge in [-0.05, 0) is 46.1 Å². The lowest BCUT2D eigenvalue weighted by molar-refractivity contribution is -0.274. The summed E-state index contributed by atoms with van der Waals surface area (Å²) in [7, 11) is 0. The van der Waals surface area contributed by atoms with Crippen LogP contribution in [0.15, 0.2) is 53.0 Å². The van der Waals surface area contributed by atoms with E-state index >= 15 is 0 Å². The molecule has 1 saturated heterocycles. The number of carbonyl (C=O) groups is 1. The number of piperazine rings is 1. The van der Waals surface area contributed by atoms with Crippen molar-refractivity contribution in [1.29, 1.82) is 0 Å². The van der Waals surface area contributed by atoms with E-state index in [0.717, 1.165) is 15.6 Å². The molecule has 2 unspecified atom stereocenters. The van der Waals surface area contributed by atoms with E-state index in [1.807, 2.05) is 24.3 Å². The average molecular weight is 620 g/mol. The van der Waals surface area contributed by atoms with Crippen molar-refractivity contribution in [2.24, 2.45) is 0 Å². The van der Waals surface area contributed by atoms with Crippen molar-refractivity contribution in [3.63, 3.8) is 0 Å². The monoisotopic (exact) mass is 618 g/mol. The zero-order valence-electron chi connectivity index (χ0n) is 19.7. The predicted molar refractivity (Wildman–Crippen MR) is 140 cm³/mol. The first kappa shape index (κ1) is 27.8. The van der Waals surface area contributed by atoms with Crippen molar-refractivity contribution in [2.45, 2.75) is 25.7 Å². The number of halogens is 4. The zero-order valence-corrected chi connectivity index (χ0v) is 23.0. The molecule has 200 valence electrons. The quantitative estimate of drug-likeness (QED) is 0.334. The van der Waals surface area contributed by atoms with Gasteiger partial charge in [-0.15, -0.1) is 24.5 Å². The van der Waals surface area contributed by atoms with E-state index in [1.54, 1.807) is 17.0 Å². The van der Waals surface area contributed by atoms with Crippen molar-refractivity contribution >= 4 is 59.5 Å². The second-order valence-corrected chi connectivity index (χ2v) is 11.3. The molecule has 2 heterocycles. The number of hydrogen-bond acceptors (Lipinski definition) is 6. The third-order valence-corrected chi connectivity index (χ3v) is 9.27. The number of hydrogen-bond donors (Lipinski definition) is 0. The van der Waals surface area contributed by atoms with Crippen LogP contribution in [0.5, 0.6) is 5.75 Å². The Kier molecular flexibility index (Phi) is 8.79. The Hall–Kier alpha value is -2.19. The van der Waals surface area contributed by atoms with Gasteiger partial charge in [0.05, 0.1) is 4.47 Å². The van der Waals surface area contributed by atoms with Gasteiger partial charge in [-0.3, -0.25) is 18.2 Å². The second kappa shape index (κ2) is 11.7. The summed E-state index contributed by atoms with van der Waals surface area (Å²) in [4.78, 5) is 15.7. The van der Waals surface area contributed by atoms with Gasteiger partial charge in [0.2, 0.25) is 5.91 Å². The SMILES string of the molecule is CC(=O)N1CCN(C(Cc2ccc(OC(F)(F)F)cc2)CN(c2sc3ccccc3c2Br)S(=O)[O-])CC1. The largest absolute Gasteiger partial charge is 0.755 e. The first-order valence-corrected chi connectivity index (χ1v) is 14.0. The molecule has 4 rings (SSSR count). The molecule has 37 heavy (non-hydrogen) atoms. The van der Waals surface area contributed by atoms with Crippen molar-refractivity contribution in [3.05, 3.63) is 58.6 Å². The Morgan fingerprint density at radius 3 is 2.38 bits per heavy atom. The molecule has 0 spiro atoms. The van der Waals surface area contributed by atoms with Crippen molar-refractivity contribution in [1.82, 2.24) is 9.80 Å². The van der Waals surface area contributed by atoms with Crippen LogP contribution >= 0.6 is 27.3 Å². The summed E-state index contributed by atoms with van der Waals surface area (Å²) in [5.41, 5.74) is 0.737. The number of thiophene rings is 1. The number of anilines is 1. The molecule has 2 atom stereocenters. The van der Waals surface area contributed by atoms with E-state index in [0.29, 0.717) is 42.1 Å². The molecular weight excluding hydrogens is 595 g/mol. The summed E-state index contributed by atoms with van der Waals surface area (Å²) in [6.07, 6.45) is -4.39. The van der Waals surface area contributed by atoms with Crippen LogP contribution in [0.2, 0.25) is 0 Å². The van der Waals surface area contributed by atoms with E-state index in [4.69, 9.17) is 0 Å². The fraction of sp³-hybridized carbons (Fsp3) is 0.375. The van der Waals surface area contributed by atoms with Gasteiger partial charge in [0, 0.05) is 67.0 Å². The molecule has 0 radical (unpaired) electrons. The van der Waals surface area contributed by atoms with E-state index < -0.39 is 17.6 Å². The fourth-order valence-electron chi connectivity index (χ4n) is 4.37. The number of carbonyl (C=O) groups excluding carboxylic acids is 1. The summed E-state index contributed by atoms with van der Waals surface area (Å²) in [6.45, 7) is 3.76. The predicted octanol–water partition coefficient (Wildman–Crippen LogP) is 4.94. The molecule has 0 bridgehead atoms. The van der Waals surface area contributed by atoms with Gasteiger partial charge in [-0.2, -0.15) is 0 Å². The molecule has 13 heteroatoms. The standard InChI is InChI=1S/C24H25BrF3N3O4S2/c1-16(32)29-10-12-30(13-11-29)18(14-17-6-8-19(9-7-17)35-24(26,27)28)15-31(37(33)34)23-22(25)20-4-2-3-5-21(20)36-23/h2-9,18H,10-15H2,1H3,(H,33,34)/p-1. The number of nitrogens with zero attached hydrogens (tertiary/aromatic N) is 3. The van der Waals surface area contributed by atoms with Gasteiger partial charge in [-0.1, -0.05) is 30.3 Å². The van der Waals surface area contributed by atoms with Gasteiger partial charge >= 0.3 is 6.36 Å². The number of fused-ring (bicyclic) bond motifs is 1. The minimum Gasteiger partial charge on any atom is -0.755 e. The summed E-state index contributed by atoms with van der Waals surface area (Å²) in [5.74, 6) is -0.340. The number of benzene rings is 2. The Labute approximate surface area is 227 Å². The highest BCUT2D eigenvalue weighted by atomic mass is 79.9. The maximum Gasteiger partial charge on any atom is 0.573 e. The van der Waals surface area contributed by atoms with Crippen LogP contribution in [0.3, 0.4) is 0 Å². The molecule has 3 aromatic rings. The number of ether oxygens (including phenoxy) is 1.